The van der Waals surface area contributed by atoms with E-state index in [9.17, 15) is 5.11 Å². The molecular weight excluding hydrogens is 172 g/mol. The molecule has 0 saturated heterocycles. The Morgan fingerprint density at radius 3 is 2.64 bits per heavy atom. The minimum Gasteiger partial charge on any atom is -0.388 e. The molecule has 0 radical (unpaired) electrons. The Morgan fingerprint density at radius 1 is 1.21 bits per heavy atom. The van der Waals surface area contributed by atoms with Gasteiger partial charge in [-0.1, -0.05) is 36.4 Å². The van der Waals surface area contributed by atoms with Gasteiger partial charge in [0.2, 0.25) is 0 Å². The van der Waals surface area contributed by atoms with E-state index < -0.39 is 0 Å². The van der Waals surface area contributed by atoms with Crippen LogP contribution in [0.4, 0.5) is 0 Å². The zero-order valence-electron chi connectivity index (χ0n) is 8.32. The van der Waals surface area contributed by atoms with Crippen molar-refractivity contribution in [3.05, 3.63) is 47.5 Å². The minimum atomic E-state index is -0.264. The van der Waals surface area contributed by atoms with E-state index >= 15 is 0 Å². The summed E-state index contributed by atoms with van der Waals surface area (Å²) in [7, 11) is 0. The lowest BCUT2D eigenvalue weighted by molar-refractivity contribution is 0.208. The molecule has 0 aromatic heterocycles. The number of hydrogen-bond donors (Lipinski definition) is 1. The fraction of sp³-hybridized carbons (Fsp3) is 0.385. The summed E-state index contributed by atoms with van der Waals surface area (Å²) < 4.78 is 0. The molecule has 1 heteroatoms. The SMILES string of the molecule is OC(Cc1ccccc1)C1=CCCC1. The molecule has 0 amide bonds. The van der Waals surface area contributed by atoms with E-state index in [1.807, 2.05) is 18.2 Å². The maximum Gasteiger partial charge on any atom is 0.0790 e. The molecule has 1 aliphatic carbocycles. The number of aliphatic hydroxyl groups excluding tert-OH is 1. The predicted molar refractivity (Wildman–Crippen MR) is 58.1 cm³/mol. The number of benzene rings is 1. The highest BCUT2D eigenvalue weighted by atomic mass is 16.3. The maximum absolute atomic E-state index is 9.93. The van der Waals surface area contributed by atoms with Crippen LogP contribution in [0.2, 0.25) is 0 Å². The van der Waals surface area contributed by atoms with Crippen LogP contribution in [0, 0.1) is 0 Å². The van der Waals surface area contributed by atoms with Crippen LogP contribution >= 0.6 is 0 Å². The molecule has 74 valence electrons. The maximum atomic E-state index is 9.93. The first-order valence-corrected chi connectivity index (χ1v) is 5.27. The summed E-state index contributed by atoms with van der Waals surface area (Å²) in [5.41, 5.74) is 2.45. The van der Waals surface area contributed by atoms with Crippen molar-refractivity contribution in [1.82, 2.24) is 0 Å². The van der Waals surface area contributed by atoms with Crippen LogP contribution < -0.4 is 0 Å². The highest BCUT2D eigenvalue weighted by molar-refractivity contribution is 5.20. The summed E-state index contributed by atoms with van der Waals surface area (Å²) in [5.74, 6) is 0. The monoisotopic (exact) mass is 188 g/mol. The lowest BCUT2D eigenvalue weighted by Crippen LogP contribution is -2.12. The molecule has 1 aliphatic rings. The smallest absolute Gasteiger partial charge is 0.0790 e. The average molecular weight is 188 g/mol. The van der Waals surface area contributed by atoms with Crippen molar-refractivity contribution in [1.29, 1.82) is 0 Å². The second kappa shape index (κ2) is 4.43. The lowest BCUT2D eigenvalue weighted by Gasteiger charge is -2.11. The molecule has 0 spiro atoms. The van der Waals surface area contributed by atoms with E-state index in [1.165, 1.54) is 17.6 Å². The van der Waals surface area contributed by atoms with E-state index in [4.69, 9.17) is 0 Å². The lowest BCUT2D eigenvalue weighted by atomic mass is 10.0. The molecule has 0 heterocycles. The van der Waals surface area contributed by atoms with E-state index in [1.54, 1.807) is 0 Å². The summed E-state index contributed by atoms with van der Waals surface area (Å²) in [4.78, 5) is 0. The first-order chi connectivity index (χ1) is 6.86. The van der Waals surface area contributed by atoms with Crippen LogP contribution in [0.1, 0.15) is 24.8 Å². The Kier molecular flexibility index (Phi) is 3.00. The number of rotatable bonds is 3. The first-order valence-electron chi connectivity index (χ1n) is 5.27. The van der Waals surface area contributed by atoms with Crippen molar-refractivity contribution in [2.75, 3.05) is 0 Å². The first kappa shape index (κ1) is 9.47. The van der Waals surface area contributed by atoms with Crippen LogP contribution in [-0.2, 0) is 6.42 Å². The molecular formula is C13H16O. The van der Waals surface area contributed by atoms with Crippen molar-refractivity contribution < 1.29 is 5.11 Å². The fourth-order valence-corrected chi connectivity index (χ4v) is 1.97. The average Bonchev–Trinajstić information content (AvgIpc) is 2.72. The zero-order valence-corrected chi connectivity index (χ0v) is 8.32. The molecule has 0 bridgehead atoms. The second-order valence-corrected chi connectivity index (χ2v) is 3.88. The van der Waals surface area contributed by atoms with Gasteiger partial charge < -0.3 is 5.11 Å². The third-order valence-corrected chi connectivity index (χ3v) is 2.78. The highest BCUT2D eigenvalue weighted by Crippen LogP contribution is 2.22. The molecule has 0 saturated carbocycles. The zero-order chi connectivity index (χ0) is 9.80. The van der Waals surface area contributed by atoms with Gasteiger partial charge in [-0.05, 0) is 30.4 Å². The normalized spacial score (nSPS) is 17.9. The number of aliphatic hydroxyl groups is 1. The van der Waals surface area contributed by atoms with Crippen LogP contribution in [0.25, 0.3) is 0 Å². The van der Waals surface area contributed by atoms with E-state index in [0.717, 1.165) is 19.3 Å². The van der Waals surface area contributed by atoms with Crippen LogP contribution in [0.5, 0.6) is 0 Å². The van der Waals surface area contributed by atoms with E-state index in [2.05, 4.69) is 18.2 Å². The summed E-state index contributed by atoms with van der Waals surface area (Å²) in [6.07, 6.45) is 6.11. The molecule has 1 nitrogen and oxygen atoms in total. The fourth-order valence-electron chi connectivity index (χ4n) is 1.97. The summed E-state index contributed by atoms with van der Waals surface area (Å²) in [6, 6.07) is 10.2. The predicted octanol–water partition coefficient (Wildman–Crippen LogP) is 2.70. The van der Waals surface area contributed by atoms with Gasteiger partial charge in [-0.2, -0.15) is 0 Å². The summed E-state index contributed by atoms with van der Waals surface area (Å²) in [5, 5.41) is 9.93. The van der Waals surface area contributed by atoms with Crippen LogP contribution in [0.3, 0.4) is 0 Å². The van der Waals surface area contributed by atoms with Crippen molar-refractivity contribution in [3.63, 3.8) is 0 Å². The molecule has 1 unspecified atom stereocenters. The largest absolute Gasteiger partial charge is 0.388 e. The summed E-state index contributed by atoms with van der Waals surface area (Å²) in [6.45, 7) is 0. The minimum absolute atomic E-state index is 0.264. The second-order valence-electron chi connectivity index (χ2n) is 3.88. The van der Waals surface area contributed by atoms with Gasteiger partial charge in [0, 0.05) is 6.42 Å². The molecule has 0 aliphatic heterocycles. The third-order valence-electron chi connectivity index (χ3n) is 2.78. The molecule has 1 aromatic carbocycles. The number of allylic oxidation sites excluding steroid dienone is 1. The molecule has 14 heavy (non-hydrogen) atoms. The van der Waals surface area contributed by atoms with Crippen molar-refractivity contribution in [2.45, 2.75) is 31.8 Å². The molecule has 1 atom stereocenters. The molecule has 1 aromatic rings. The molecule has 2 rings (SSSR count). The Balaban J connectivity index is 1.97. The van der Waals surface area contributed by atoms with Crippen molar-refractivity contribution in [3.8, 4) is 0 Å². The molecule has 0 fully saturated rings. The Morgan fingerprint density at radius 2 is 2.00 bits per heavy atom. The van der Waals surface area contributed by atoms with Crippen LogP contribution in [0.15, 0.2) is 42.0 Å². The van der Waals surface area contributed by atoms with Gasteiger partial charge in [-0.15, -0.1) is 0 Å². The van der Waals surface area contributed by atoms with E-state index in [-0.39, 0.29) is 6.10 Å². The number of hydrogen-bond acceptors (Lipinski definition) is 1. The van der Waals surface area contributed by atoms with Gasteiger partial charge in [0.25, 0.3) is 0 Å². The van der Waals surface area contributed by atoms with Gasteiger partial charge in [0.05, 0.1) is 6.10 Å². The third kappa shape index (κ3) is 2.24. The summed E-state index contributed by atoms with van der Waals surface area (Å²) >= 11 is 0. The van der Waals surface area contributed by atoms with Gasteiger partial charge >= 0.3 is 0 Å². The highest BCUT2D eigenvalue weighted by Gasteiger charge is 2.14. The Bertz CT molecular complexity index is 313. The molecule has 1 N–H and O–H groups in total. The topological polar surface area (TPSA) is 20.2 Å². The van der Waals surface area contributed by atoms with Crippen LogP contribution in [-0.4, -0.2) is 11.2 Å². The standard InChI is InChI=1S/C13H16O/c14-13(12-8-4-5-9-12)10-11-6-2-1-3-7-11/h1-3,6-8,13-14H,4-5,9-10H2. The van der Waals surface area contributed by atoms with Gasteiger partial charge in [-0.25, -0.2) is 0 Å². The van der Waals surface area contributed by atoms with Gasteiger partial charge in [-0.3, -0.25) is 0 Å². The van der Waals surface area contributed by atoms with Crippen molar-refractivity contribution in [2.24, 2.45) is 0 Å². The van der Waals surface area contributed by atoms with Crippen molar-refractivity contribution >= 4 is 0 Å². The Hall–Kier alpha value is -1.08. The van der Waals surface area contributed by atoms with Gasteiger partial charge in [0.15, 0.2) is 0 Å². The van der Waals surface area contributed by atoms with Gasteiger partial charge in [0.1, 0.15) is 0 Å². The quantitative estimate of drug-likeness (QED) is 0.723. The Labute approximate surface area is 85.1 Å². The van der Waals surface area contributed by atoms with E-state index in [0.29, 0.717) is 0 Å².